The molecule has 1 spiro atoms. The Morgan fingerprint density at radius 1 is 1.07 bits per heavy atom. The van der Waals surface area contributed by atoms with Crippen LogP contribution < -0.4 is 21.3 Å². The van der Waals surface area contributed by atoms with E-state index in [-0.39, 0.29) is 17.2 Å². The first kappa shape index (κ1) is 29.9. The summed E-state index contributed by atoms with van der Waals surface area (Å²) in [5.74, 6) is 0.297. The fraction of sp³-hybridized carbons (Fsp3) is 0.576. The molecule has 1 aliphatic carbocycles. The number of hydrogen-bond acceptors (Lipinski definition) is 10. The number of likely N-dealkylation sites (N-methyl/N-ethyl adjacent to an activating group) is 1. The Morgan fingerprint density at radius 2 is 1.87 bits per heavy atom. The molecule has 1 unspecified atom stereocenters. The number of piperidine rings is 1. The van der Waals surface area contributed by atoms with E-state index in [0.29, 0.717) is 35.7 Å². The molecule has 3 aromatic rings. The summed E-state index contributed by atoms with van der Waals surface area (Å²) in [7, 11) is 2.22. The number of carbonyl (C=O) groups excluding carboxylic acids is 1. The number of carbonyl (C=O) groups is 1. The fourth-order valence-corrected chi connectivity index (χ4v) is 7.35. The van der Waals surface area contributed by atoms with E-state index in [1.807, 2.05) is 6.07 Å². The first-order chi connectivity index (χ1) is 21.9. The van der Waals surface area contributed by atoms with E-state index in [4.69, 9.17) is 20.4 Å². The third kappa shape index (κ3) is 6.23. The van der Waals surface area contributed by atoms with Gasteiger partial charge in [-0.1, -0.05) is 6.92 Å². The number of benzene rings is 1. The highest BCUT2D eigenvalue weighted by atomic mass is 16.5. The van der Waals surface area contributed by atoms with Gasteiger partial charge in [-0.2, -0.15) is 5.10 Å². The number of primary amides is 1. The lowest BCUT2D eigenvalue weighted by Gasteiger charge is -2.43. The molecule has 5 heterocycles. The number of piperazine rings is 1. The molecule has 45 heavy (non-hydrogen) atoms. The number of rotatable bonds is 9. The van der Waals surface area contributed by atoms with Gasteiger partial charge in [0.1, 0.15) is 5.69 Å². The molecule has 12 heteroatoms. The van der Waals surface area contributed by atoms with E-state index >= 15 is 0 Å². The molecule has 1 amide bonds. The number of hydrogen-bond donors (Lipinski definition) is 4. The average Bonchev–Trinajstić information content (AvgIpc) is 3.61. The molecule has 1 aromatic carbocycles. The predicted molar refractivity (Wildman–Crippen MR) is 176 cm³/mol. The minimum atomic E-state index is -0.641. The Balaban J connectivity index is 1.12. The van der Waals surface area contributed by atoms with Crippen LogP contribution in [0.25, 0.3) is 11.4 Å². The highest BCUT2D eigenvalue weighted by Crippen LogP contribution is 2.52. The van der Waals surface area contributed by atoms with Crippen molar-refractivity contribution >= 4 is 28.9 Å². The summed E-state index contributed by atoms with van der Waals surface area (Å²) < 4.78 is 5.81. The summed E-state index contributed by atoms with van der Waals surface area (Å²) in [6, 6.07) is 9.15. The maximum absolute atomic E-state index is 12.7. The highest BCUT2D eigenvalue weighted by molar-refractivity contribution is 5.97. The normalized spacial score (nSPS) is 22.4. The van der Waals surface area contributed by atoms with Crippen molar-refractivity contribution < 1.29 is 9.53 Å². The first-order valence-electron chi connectivity index (χ1n) is 16.6. The van der Waals surface area contributed by atoms with E-state index in [1.165, 1.54) is 37.2 Å². The number of amides is 1. The summed E-state index contributed by atoms with van der Waals surface area (Å²) in [6.45, 7) is 10.4. The zero-order valence-corrected chi connectivity index (χ0v) is 26.5. The van der Waals surface area contributed by atoms with Crippen LogP contribution in [0.15, 0.2) is 30.5 Å². The van der Waals surface area contributed by atoms with Gasteiger partial charge in [-0.05, 0) is 75.4 Å². The van der Waals surface area contributed by atoms with Crippen molar-refractivity contribution in [2.24, 2.45) is 11.1 Å². The number of nitrogens with zero attached hydrogens (tertiary/aromatic N) is 6. The second kappa shape index (κ2) is 12.6. The number of aromatic nitrogens is 4. The Labute approximate surface area is 265 Å². The van der Waals surface area contributed by atoms with Crippen molar-refractivity contribution in [2.45, 2.75) is 57.5 Å². The number of H-pyrrole nitrogens is 1. The minimum absolute atomic E-state index is 0.0892. The van der Waals surface area contributed by atoms with Crippen LogP contribution in [0.2, 0.25) is 0 Å². The van der Waals surface area contributed by atoms with Crippen LogP contribution in [0.3, 0.4) is 0 Å². The van der Waals surface area contributed by atoms with Crippen molar-refractivity contribution in [1.82, 2.24) is 30.0 Å². The standard InChI is InChI=1S/C33H46N10O2/c1-3-22-20-23(4-5-26(22)43-13-7-24(8-14-43)42-17-15-41(2)16-18-42)36-32-29(30(34)44)38-28(25-6-12-35-40-25)31(39-32)37-27-9-19-45-21-33(27)10-11-33/h4-6,12,20,24,27H,3,7-11,13-19,21H2,1-2H3,(H2,34,44)(H,35,40)(H2,36,37,39). The lowest BCUT2D eigenvalue weighted by Crippen LogP contribution is -2.52. The number of aromatic amines is 1. The summed E-state index contributed by atoms with van der Waals surface area (Å²) in [5, 5.41) is 14.2. The molecule has 4 fully saturated rings. The van der Waals surface area contributed by atoms with Gasteiger partial charge in [0, 0.05) is 80.9 Å². The highest BCUT2D eigenvalue weighted by Gasteiger charge is 2.51. The first-order valence-corrected chi connectivity index (χ1v) is 16.6. The molecule has 0 radical (unpaired) electrons. The number of nitrogens with one attached hydrogen (secondary N) is 3. The second-order valence-electron chi connectivity index (χ2n) is 13.2. The van der Waals surface area contributed by atoms with Gasteiger partial charge in [0.25, 0.3) is 5.91 Å². The monoisotopic (exact) mass is 614 g/mol. The van der Waals surface area contributed by atoms with Crippen LogP contribution in [0.5, 0.6) is 0 Å². The summed E-state index contributed by atoms with van der Waals surface area (Å²) in [4.78, 5) is 30.1. The molecule has 1 atom stereocenters. The van der Waals surface area contributed by atoms with Crippen LogP contribution in [-0.4, -0.2) is 107 Å². The lowest BCUT2D eigenvalue weighted by atomic mass is 9.92. The molecule has 1 saturated carbocycles. The van der Waals surface area contributed by atoms with E-state index in [0.717, 1.165) is 64.2 Å². The quantitative estimate of drug-likeness (QED) is 0.283. The van der Waals surface area contributed by atoms with Crippen LogP contribution in [0.1, 0.15) is 55.1 Å². The van der Waals surface area contributed by atoms with Gasteiger partial charge in [0.2, 0.25) is 0 Å². The number of anilines is 4. The minimum Gasteiger partial charge on any atom is -0.381 e. The molecule has 0 bridgehead atoms. The van der Waals surface area contributed by atoms with Crippen LogP contribution in [-0.2, 0) is 11.2 Å². The maximum Gasteiger partial charge on any atom is 0.271 e. The number of aryl methyl sites for hydroxylation is 1. The van der Waals surface area contributed by atoms with Crippen molar-refractivity contribution in [1.29, 1.82) is 0 Å². The second-order valence-corrected chi connectivity index (χ2v) is 13.2. The molecule has 5 N–H and O–H groups in total. The van der Waals surface area contributed by atoms with E-state index in [9.17, 15) is 4.79 Å². The largest absolute Gasteiger partial charge is 0.381 e. The predicted octanol–water partition coefficient (Wildman–Crippen LogP) is 3.47. The third-order valence-electron chi connectivity index (χ3n) is 10.4. The number of ether oxygens (including phenoxy) is 1. The van der Waals surface area contributed by atoms with Crippen molar-refractivity contribution in [3.05, 3.63) is 41.7 Å². The van der Waals surface area contributed by atoms with E-state index < -0.39 is 5.91 Å². The summed E-state index contributed by atoms with van der Waals surface area (Å²) >= 11 is 0. The van der Waals surface area contributed by atoms with Gasteiger partial charge in [0.05, 0.1) is 12.3 Å². The zero-order valence-electron chi connectivity index (χ0n) is 26.5. The molecular weight excluding hydrogens is 568 g/mol. The maximum atomic E-state index is 12.7. The Hall–Kier alpha value is -3.74. The average molecular weight is 615 g/mol. The molecule has 240 valence electrons. The van der Waals surface area contributed by atoms with Gasteiger partial charge in [-0.25, -0.2) is 9.97 Å². The molecule has 4 aliphatic rings. The van der Waals surface area contributed by atoms with Crippen LogP contribution >= 0.6 is 0 Å². The number of nitrogens with two attached hydrogens (primary N) is 1. The van der Waals surface area contributed by atoms with Crippen molar-refractivity contribution in [3.63, 3.8) is 0 Å². The van der Waals surface area contributed by atoms with Crippen molar-refractivity contribution in [3.8, 4) is 11.4 Å². The van der Waals surface area contributed by atoms with E-state index in [2.05, 4.69) is 67.7 Å². The third-order valence-corrected chi connectivity index (χ3v) is 10.4. The molecule has 2 aromatic heterocycles. The van der Waals surface area contributed by atoms with Gasteiger partial charge >= 0.3 is 0 Å². The molecule has 12 nitrogen and oxygen atoms in total. The Kier molecular flexibility index (Phi) is 8.36. The van der Waals surface area contributed by atoms with Crippen molar-refractivity contribution in [2.75, 3.05) is 75.1 Å². The molecule has 3 saturated heterocycles. The lowest BCUT2D eigenvalue weighted by molar-refractivity contribution is 0.0351. The molecular formula is C33H46N10O2. The Bertz CT molecular complexity index is 1490. The smallest absolute Gasteiger partial charge is 0.271 e. The summed E-state index contributed by atoms with van der Waals surface area (Å²) in [5.41, 5.74) is 10.7. The molecule has 7 rings (SSSR count). The Morgan fingerprint density at radius 3 is 2.56 bits per heavy atom. The topological polar surface area (TPSA) is 141 Å². The van der Waals surface area contributed by atoms with Crippen LogP contribution in [0, 0.1) is 5.41 Å². The fourth-order valence-electron chi connectivity index (χ4n) is 7.35. The van der Waals surface area contributed by atoms with E-state index in [1.54, 1.807) is 6.20 Å². The molecule has 3 aliphatic heterocycles. The van der Waals surface area contributed by atoms with Gasteiger partial charge < -0.3 is 30.9 Å². The van der Waals surface area contributed by atoms with Gasteiger partial charge in [0.15, 0.2) is 17.3 Å². The summed E-state index contributed by atoms with van der Waals surface area (Å²) in [6.07, 6.45) is 8.08. The van der Waals surface area contributed by atoms with Gasteiger partial charge in [-0.15, -0.1) is 0 Å². The SMILES string of the molecule is CCc1cc(Nc2nc(NC3CCOCC34CC4)c(-c3ccn[nH]3)nc2C(N)=O)ccc1N1CCC(N2CCN(C)CC2)CC1. The zero-order chi connectivity index (χ0) is 31.0. The van der Waals surface area contributed by atoms with Crippen LogP contribution in [0.4, 0.5) is 23.0 Å². The van der Waals surface area contributed by atoms with Gasteiger partial charge in [-0.3, -0.25) is 14.8 Å².